The van der Waals surface area contributed by atoms with Crippen molar-refractivity contribution < 1.29 is 0 Å². The van der Waals surface area contributed by atoms with E-state index in [9.17, 15) is 0 Å². The van der Waals surface area contributed by atoms with Crippen molar-refractivity contribution >= 4 is 36.4 Å². The molecule has 0 bridgehead atoms. The van der Waals surface area contributed by atoms with E-state index in [1.54, 1.807) is 0 Å². The van der Waals surface area contributed by atoms with Crippen molar-refractivity contribution in [1.29, 1.82) is 0 Å². The van der Waals surface area contributed by atoms with E-state index in [2.05, 4.69) is 59.3 Å². The van der Waals surface area contributed by atoms with Gasteiger partial charge in [-0.05, 0) is 29.8 Å². The second-order valence-corrected chi connectivity index (χ2v) is 6.89. The Labute approximate surface area is 161 Å². The zero-order valence-electron chi connectivity index (χ0n) is 13.7. The van der Waals surface area contributed by atoms with Crippen LogP contribution in [0.5, 0.6) is 0 Å². The molecule has 2 aliphatic rings. The molecule has 5 heteroatoms. The van der Waals surface area contributed by atoms with Gasteiger partial charge in [0.05, 0.1) is 0 Å². The van der Waals surface area contributed by atoms with Gasteiger partial charge in [0, 0.05) is 43.2 Å². The molecular formula is C19H23Cl3N2. The van der Waals surface area contributed by atoms with Crippen LogP contribution in [0.4, 0.5) is 0 Å². The predicted octanol–water partition coefficient (Wildman–Crippen LogP) is 4.62. The first-order valence-electron chi connectivity index (χ1n) is 8.00. The molecule has 2 nitrogen and oxygen atoms in total. The Kier molecular flexibility index (Phi) is 6.58. The number of halogens is 3. The predicted molar refractivity (Wildman–Crippen MR) is 106 cm³/mol. The molecule has 0 radical (unpaired) electrons. The van der Waals surface area contributed by atoms with Crippen molar-refractivity contribution in [2.24, 2.45) is 0 Å². The Morgan fingerprint density at radius 2 is 1.67 bits per heavy atom. The lowest BCUT2D eigenvalue weighted by molar-refractivity contribution is 0.0773. The van der Waals surface area contributed by atoms with Crippen molar-refractivity contribution in [2.75, 3.05) is 33.2 Å². The van der Waals surface area contributed by atoms with Gasteiger partial charge in [-0.1, -0.05) is 54.1 Å². The maximum absolute atomic E-state index is 6.62. The maximum Gasteiger partial charge on any atom is 0.0493 e. The Balaban J connectivity index is 0.00000104. The molecule has 4 rings (SSSR count). The second kappa shape index (κ2) is 8.07. The van der Waals surface area contributed by atoms with Crippen molar-refractivity contribution in [2.45, 2.75) is 12.0 Å². The van der Waals surface area contributed by atoms with Crippen LogP contribution in [0, 0.1) is 0 Å². The molecule has 24 heavy (non-hydrogen) atoms. The summed E-state index contributed by atoms with van der Waals surface area (Å²) in [6.45, 7) is 4.42. The molecule has 1 fully saturated rings. The quantitative estimate of drug-likeness (QED) is 0.707. The lowest BCUT2D eigenvalue weighted by Crippen LogP contribution is -2.50. The van der Waals surface area contributed by atoms with Crippen LogP contribution in [-0.4, -0.2) is 43.0 Å². The Bertz CT molecular complexity index is 678. The molecule has 0 N–H and O–H groups in total. The van der Waals surface area contributed by atoms with Crippen LogP contribution >= 0.6 is 36.4 Å². The van der Waals surface area contributed by atoms with Gasteiger partial charge in [0.25, 0.3) is 0 Å². The summed E-state index contributed by atoms with van der Waals surface area (Å²) < 4.78 is 0. The summed E-state index contributed by atoms with van der Waals surface area (Å²) in [4.78, 5) is 5.03. The first kappa shape index (κ1) is 19.6. The minimum absolute atomic E-state index is 0. The van der Waals surface area contributed by atoms with Crippen molar-refractivity contribution in [3.63, 3.8) is 0 Å². The molecule has 2 aliphatic heterocycles. The van der Waals surface area contributed by atoms with Gasteiger partial charge in [0.2, 0.25) is 0 Å². The lowest BCUT2D eigenvalue weighted by Gasteiger charge is -2.47. The van der Waals surface area contributed by atoms with E-state index in [0.717, 1.165) is 31.2 Å². The van der Waals surface area contributed by atoms with Gasteiger partial charge in [-0.3, -0.25) is 4.90 Å². The van der Waals surface area contributed by atoms with Crippen LogP contribution in [0.2, 0.25) is 5.02 Å². The standard InChI is InChI=1S/C19H21ClN2.2ClH/c1-21-10-11-22-12-16(14-6-3-2-4-7-14)15-8-5-9-17(20)19(15)18(22)13-21;;/h2-9,16,18H,10-13H2,1H3;2*1H/t16-,18-;;/m0../s1. The number of hydrogen-bond donors (Lipinski definition) is 0. The van der Waals surface area contributed by atoms with Crippen molar-refractivity contribution in [1.82, 2.24) is 9.80 Å². The highest BCUT2D eigenvalue weighted by molar-refractivity contribution is 6.31. The molecule has 0 saturated carbocycles. The minimum Gasteiger partial charge on any atom is -0.303 e. The summed E-state index contributed by atoms with van der Waals surface area (Å²) in [5, 5.41) is 0.920. The van der Waals surface area contributed by atoms with E-state index >= 15 is 0 Å². The number of rotatable bonds is 1. The summed E-state index contributed by atoms with van der Waals surface area (Å²) in [5.74, 6) is 0.426. The molecule has 0 aliphatic carbocycles. The highest BCUT2D eigenvalue weighted by Crippen LogP contribution is 2.43. The summed E-state index contributed by atoms with van der Waals surface area (Å²) in [6, 6.07) is 17.7. The zero-order chi connectivity index (χ0) is 15.1. The summed E-state index contributed by atoms with van der Waals surface area (Å²) in [5.41, 5.74) is 4.15. The molecule has 2 aromatic rings. The third-order valence-electron chi connectivity index (χ3n) is 5.11. The number of hydrogen-bond acceptors (Lipinski definition) is 2. The third-order valence-corrected chi connectivity index (χ3v) is 5.44. The van der Waals surface area contributed by atoms with Crippen LogP contribution in [-0.2, 0) is 0 Å². The Hall–Kier alpha value is -0.770. The van der Waals surface area contributed by atoms with Crippen LogP contribution < -0.4 is 0 Å². The molecule has 0 amide bonds. The fourth-order valence-corrected chi connectivity index (χ4v) is 4.27. The van der Waals surface area contributed by atoms with Crippen molar-refractivity contribution in [3.05, 3.63) is 70.2 Å². The van der Waals surface area contributed by atoms with E-state index in [-0.39, 0.29) is 24.8 Å². The average molecular weight is 386 g/mol. The number of likely N-dealkylation sites (N-methyl/N-ethyl adjacent to an activating group) is 1. The number of nitrogens with zero attached hydrogens (tertiary/aromatic N) is 2. The first-order valence-corrected chi connectivity index (χ1v) is 8.37. The first-order chi connectivity index (χ1) is 10.7. The zero-order valence-corrected chi connectivity index (χ0v) is 16.1. The van der Waals surface area contributed by atoms with Crippen LogP contribution in [0.25, 0.3) is 0 Å². The molecule has 2 atom stereocenters. The smallest absolute Gasteiger partial charge is 0.0493 e. The van der Waals surface area contributed by atoms with Gasteiger partial charge >= 0.3 is 0 Å². The van der Waals surface area contributed by atoms with E-state index in [1.165, 1.54) is 16.7 Å². The fourth-order valence-electron chi connectivity index (χ4n) is 3.96. The molecule has 0 aromatic heterocycles. The summed E-state index contributed by atoms with van der Waals surface area (Å²) in [7, 11) is 2.21. The molecule has 0 unspecified atom stereocenters. The molecule has 1 saturated heterocycles. The largest absolute Gasteiger partial charge is 0.303 e. The number of piperazine rings is 1. The van der Waals surface area contributed by atoms with Gasteiger partial charge in [-0.25, -0.2) is 0 Å². The van der Waals surface area contributed by atoms with Gasteiger partial charge in [-0.15, -0.1) is 24.8 Å². The topological polar surface area (TPSA) is 6.48 Å². The molecule has 2 aromatic carbocycles. The maximum atomic E-state index is 6.62. The number of benzene rings is 2. The van der Waals surface area contributed by atoms with E-state index in [1.807, 2.05) is 6.07 Å². The molecule has 2 heterocycles. The van der Waals surface area contributed by atoms with Crippen LogP contribution in [0.1, 0.15) is 28.7 Å². The summed E-state index contributed by atoms with van der Waals surface area (Å²) in [6.07, 6.45) is 0. The SMILES string of the molecule is CN1CCN2C[C@@H](c3ccccc3)c3cccc(Cl)c3[C@@H]2C1.Cl.Cl. The molecule has 0 spiro atoms. The van der Waals surface area contributed by atoms with Gasteiger partial charge in [0.15, 0.2) is 0 Å². The van der Waals surface area contributed by atoms with E-state index in [0.29, 0.717) is 12.0 Å². The van der Waals surface area contributed by atoms with E-state index < -0.39 is 0 Å². The highest BCUT2D eigenvalue weighted by atomic mass is 35.5. The molecule has 130 valence electrons. The monoisotopic (exact) mass is 384 g/mol. The van der Waals surface area contributed by atoms with E-state index in [4.69, 9.17) is 11.6 Å². The van der Waals surface area contributed by atoms with Crippen LogP contribution in [0.15, 0.2) is 48.5 Å². The Morgan fingerprint density at radius 1 is 0.917 bits per heavy atom. The normalized spacial score (nSPS) is 23.4. The van der Waals surface area contributed by atoms with Gasteiger partial charge in [0.1, 0.15) is 0 Å². The van der Waals surface area contributed by atoms with Crippen molar-refractivity contribution in [3.8, 4) is 0 Å². The average Bonchev–Trinajstić information content (AvgIpc) is 2.55. The third kappa shape index (κ3) is 3.44. The number of fused-ring (bicyclic) bond motifs is 3. The van der Waals surface area contributed by atoms with Crippen LogP contribution in [0.3, 0.4) is 0 Å². The Morgan fingerprint density at radius 3 is 2.42 bits per heavy atom. The lowest BCUT2D eigenvalue weighted by atomic mass is 9.80. The van der Waals surface area contributed by atoms with Gasteiger partial charge in [-0.2, -0.15) is 0 Å². The summed E-state index contributed by atoms with van der Waals surface area (Å²) >= 11 is 6.62. The second-order valence-electron chi connectivity index (χ2n) is 6.48. The molecular weight excluding hydrogens is 363 g/mol. The minimum atomic E-state index is 0. The fraction of sp³-hybridized carbons (Fsp3) is 0.368. The van der Waals surface area contributed by atoms with Gasteiger partial charge < -0.3 is 4.90 Å². The highest BCUT2D eigenvalue weighted by Gasteiger charge is 2.37.